The summed E-state index contributed by atoms with van der Waals surface area (Å²) in [6.45, 7) is 2.20. The molecule has 0 bridgehead atoms. The molecule has 0 aliphatic rings. The first-order valence-electron chi connectivity index (χ1n) is 1.80. The van der Waals surface area contributed by atoms with Crippen molar-refractivity contribution in [3.63, 3.8) is 0 Å². The number of rotatable bonds is 1. The average Bonchev–Trinajstić information content (AvgIpc) is 1.64. The predicted molar refractivity (Wildman–Crippen MR) is 19.9 cm³/mol. The Morgan fingerprint density at radius 1 is 1.00 bits per heavy atom. The van der Waals surface area contributed by atoms with E-state index >= 15 is 0 Å². The summed E-state index contributed by atoms with van der Waals surface area (Å²) < 4.78 is 55.7. The van der Waals surface area contributed by atoms with E-state index in [4.69, 9.17) is 0 Å². The van der Waals surface area contributed by atoms with Crippen LogP contribution in [0.5, 0.6) is 0 Å². The summed E-state index contributed by atoms with van der Waals surface area (Å²) in [6.07, 6.45) is -4.99. The summed E-state index contributed by atoms with van der Waals surface area (Å²) in [5, 5.41) is 0. The Labute approximate surface area is 48.0 Å². The second kappa shape index (κ2) is 1.97. The number of hydrogen-bond acceptors (Lipinski definition) is 0. The van der Waals surface area contributed by atoms with E-state index in [-0.39, 0.29) is 0 Å². The van der Waals surface area contributed by atoms with Crippen LogP contribution in [-0.2, 0) is 0 Å². The van der Waals surface area contributed by atoms with Gasteiger partial charge < -0.3 is 0 Å². The highest BCUT2D eigenvalue weighted by atomic mass is 19.4. The van der Waals surface area contributed by atoms with Crippen molar-refractivity contribution in [2.75, 3.05) is 0 Å². The first-order chi connectivity index (χ1) is 3.81. The monoisotopic (exact) mass is 145 g/mol. The minimum absolute atomic E-state index is 0.573. The maximum atomic E-state index is 11.4. The van der Waals surface area contributed by atoms with Crippen molar-refractivity contribution in [2.24, 2.45) is 0 Å². The van der Waals surface area contributed by atoms with Gasteiger partial charge in [0.25, 0.3) is 0 Å². The van der Waals surface area contributed by atoms with Crippen LogP contribution in [0, 0.1) is 6.08 Å². The first-order valence-corrected chi connectivity index (χ1v) is 1.80. The Morgan fingerprint density at radius 3 is 1.33 bits per heavy atom. The maximum absolute atomic E-state index is 11.4. The SMILES string of the molecule is C=[C]C(F)(F)C(F)(F)F. The van der Waals surface area contributed by atoms with Gasteiger partial charge in [0, 0.05) is 6.08 Å². The molecule has 53 valence electrons. The molecule has 0 amide bonds. The van der Waals surface area contributed by atoms with Crippen LogP contribution < -0.4 is 0 Å². The van der Waals surface area contributed by atoms with Gasteiger partial charge >= 0.3 is 12.1 Å². The summed E-state index contributed by atoms with van der Waals surface area (Å²) >= 11 is 0. The minimum Gasteiger partial charge on any atom is -0.191 e. The van der Waals surface area contributed by atoms with Gasteiger partial charge in [-0.25, -0.2) is 0 Å². The number of alkyl halides is 5. The standard InChI is InChI=1S/C4H2F5/c1-2-3(5,6)4(7,8)9/h1H2. The molecule has 5 heteroatoms. The van der Waals surface area contributed by atoms with E-state index in [1.807, 2.05) is 0 Å². The van der Waals surface area contributed by atoms with Crippen molar-refractivity contribution in [1.29, 1.82) is 0 Å². The Morgan fingerprint density at radius 2 is 1.33 bits per heavy atom. The van der Waals surface area contributed by atoms with Crippen LogP contribution in [0.3, 0.4) is 0 Å². The Hall–Kier alpha value is -0.610. The highest BCUT2D eigenvalue weighted by Crippen LogP contribution is 2.35. The van der Waals surface area contributed by atoms with Crippen molar-refractivity contribution >= 4 is 0 Å². The molecule has 0 aliphatic carbocycles. The van der Waals surface area contributed by atoms with Crippen molar-refractivity contribution in [1.82, 2.24) is 0 Å². The fourth-order valence-corrected chi connectivity index (χ4v) is 0.100. The molecular formula is C4H2F5. The van der Waals surface area contributed by atoms with Crippen LogP contribution in [0.25, 0.3) is 0 Å². The third kappa shape index (κ3) is 1.65. The van der Waals surface area contributed by atoms with Gasteiger partial charge in [-0.3, -0.25) is 0 Å². The van der Waals surface area contributed by atoms with Crippen LogP contribution in [0.2, 0.25) is 0 Å². The van der Waals surface area contributed by atoms with Crippen molar-refractivity contribution in [3.05, 3.63) is 12.7 Å². The lowest BCUT2D eigenvalue weighted by atomic mass is 10.3. The van der Waals surface area contributed by atoms with Crippen LogP contribution in [0.1, 0.15) is 0 Å². The lowest BCUT2D eigenvalue weighted by Gasteiger charge is -2.13. The van der Waals surface area contributed by atoms with E-state index in [2.05, 4.69) is 6.58 Å². The summed E-state index contributed by atoms with van der Waals surface area (Å²) in [5.74, 6) is -4.88. The molecule has 1 radical (unpaired) electrons. The third-order valence-corrected chi connectivity index (χ3v) is 0.578. The lowest BCUT2D eigenvalue weighted by Crippen LogP contribution is -2.34. The highest BCUT2D eigenvalue weighted by Gasteiger charge is 2.55. The van der Waals surface area contributed by atoms with Crippen LogP contribution >= 0.6 is 0 Å². The fourth-order valence-electron chi connectivity index (χ4n) is 0.100. The molecule has 0 aromatic rings. The molecule has 0 fully saturated rings. The Bertz CT molecular complexity index is 111. The van der Waals surface area contributed by atoms with Gasteiger partial charge in [-0.15, -0.1) is 0 Å². The van der Waals surface area contributed by atoms with Crippen molar-refractivity contribution < 1.29 is 22.0 Å². The van der Waals surface area contributed by atoms with E-state index in [1.54, 1.807) is 0 Å². The predicted octanol–water partition coefficient (Wildman–Crippen LogP) is 2.17. The van der Waals surface area contributed by atoms with E-state index in [1.165, 1.54) is 0 Å². The molecule has 9 heavy (non-hydrogen) atoms. The Balaban J connectivity index is 4.32. The molecule has 0 aliphatic heterocycles. The van der Waals surface area contributed by atoms with Crippen LogP contribution in [0.4, 0.5) is 22.0 Å². The zero-order valence-corrected chi connectivity index (χ0v) is 4.10. The van der Waals surface area contributed by atoms with Crippen LogP contribution in [-0.4, -0.2) is 12.1 Å². The molecule has 0 aromatic carbocycles. The molecule has 0 atom stereocenters. The summed E-state index contributed by atoms with van der Waals surface area (Å²) in [7, 11) is 0. The van der Waals surface area contributed by atoms with Crippen LogP contribution in [0.15, 0.2) is 6.58 Å². The molecule has 0 saturated carbocycles. The van der Waals surface area contributed by atoms with Crippen molar-refractivity contribution in [3.8, 4) is 0 Å². The summed E-state index contributed by atoms with van der Waals surface area (Å²) in [5.41, 5.74) is 0. The van der Waals surface area contributed by atoms with Gasteiger partial charge in [0.2, 0.25) is 0 Å². The molecule has 0 aromatic heterocycles. The maximum Gasteiger partial charge on any atom is 0.458 e. The second-order valence-electron chi connectivity index (χ2n) is 1.25. The zero-order valence-electron chi connectivity index (χ0n) is 4.10. The lowest BCUT2D eigenvalue weighted by molar-refractivity contribution is -0.262. The van der Waals surface area contributed by atoms with Gasteiger partial charge in [0.15, 0.2) is 0 Å². The minimum atomic E-state index is -5.56. The second-order valence-corrected chi connectivity index (χ2v) is 1.25. The third-order valence-electron chi connectivity index (χ3n) is 0.578. The van der Waals surface area contributed by atoms with Gasteiger partial charge in [0.05, 0.1) is 0 Å². The van der Waals surface area contributed by atoms with Gasteiger partial charge in [-0.1, -0.05) is 6.58 Å². The molecule has 0 heterocycles. The largest absolute Gasteiger partial charge is 0.458 e. The van der Waals surface area contributed by atoms with E-state index in [0.29, 0.717) is 6.08 Å². The van der Waals surface area contributed by atoms with Gasteiger partial charge in [0.1, 0.15) is 0 Å². The zero-order chi connectivity index (χ0) is 7.71. The molecule has 0 spiro atoms. The number of hydrogen-bond donors (Lipinski definition) is 0. The fraction of sp³-hybridized carbons (Fsp3) is 0.500. The first kappa shape index (κ1) is 8.39. The molecule has 0 nitrogen and oxygen atoms in total. The van der Waals surface area contributed by atoms with Gasteiger partial charge in [-0.05, 0) is 0 Å². The number of halogens is 5. The normalized spacial score (nSPS) is 13.4. The quantitative estimate of drug-likeness (QED) is 0.496. The highest BCUT2D eigenvalue weighted by molar-refractivity contribution is 4.85. The number of allylic oxidation sites excluding steroid dienone is 1. The molecule has 0 unspecified atom stereocenters. The molecule has 0 N–H and O–H groups in total. The summed E-state index contributed by atoms with van der Waals surface area (Å²) in [4.78, 5) is 0. The Kier molecular flexibility index (Phi) is 1.83. The van der Waals surface area contributed by atoms with Gasteiger partial charge in [-0.2, -0.15) is 22.0 Å². The molecule has 0 rings (SSSR count). The molecule has 0 saturated heterocycles. The van der Waals surface area contributed by atoms with E-state index in [9.17, 15) is 22.0 Å². The summed E-state index contributed by atoms with van der Waals surface area (Å²) in [6, 6.07) is 0. The van der Waals surface area contributed by atoms with E-state index in [0.717, 1.165) is 0 Å². The average molecular weight is 145 g/mol. The molecular weight excluding hydrogens is 143 g/mol. The smallest absolute Gasteiger partial charge is 0.191 e. The topological polar surface area (TPSA) is 0 Å². The van der Waals surface area contributed by atoms with E-state index < -0.39 is 12.1 Å². The van der Waals surface area contributed by atoms with Crippen molar-refractivity contribution in [2.45, 2.75) is 12.1 Å².